The normalized spacial score (nSPS) is 12.6. The number of fused-ring (bicyclic) bond motifs is 2. The molecule has 0 radical (unpaired) electrons. The fourth-order valence-electron chi connectivity index (χ4n) is 3.73. The van der Waals surface area contributed by atoms with Crippen LogP contribution in [-0.4, -0.2) is 26.7 Å². The van der Waals surface area contributed by atoms with Gasteiger partial charge in [-0.05, 0) is 30.2 Å². The first kappa shape index (κ1) is 17.4. The maximum absolute atomic E-state index is 11.8. The van der Waals surface area contributed by atoms with E-state index < -0.39 is 12.0 Å². The van der Waals surface area contributed by atoms with E-state index in [1.165, 1.54) is 10.9 Å². The molecule has 4 aromatic rings. The number of nitrogens with zero attached hydrogens (tertiary/aromatic N) is 1. The molecule has 0 aliphatic rings. The van der Waals surface area contributed by atoms with E-state index in [0.29, 0.717) is 13.0 Å². The van der Waals surface area contributed by atoms with E-state index in [1.807, 2.05) is 42.6 Å². The predicted molar refractivity (Wildman–Crippen MR) is 108 cm³/mol. The van der Waals surface area contributed by atoms with Gasteiger partial charge in [-0.2, -0.15) is 0 Å². The van der Waals surface area contributed by atoms with Crippen molar-refractivity contribution < 1.29 is 9.90 Å². The number of para-hydroxylation sites is 2. The number of hydrogen-bond acceptors (Lipinski definition) is 2. The lowest BCUT2D eigenvalue weighted by atomic mass is 10.0. The second kappa shape index (κ2) is 7.29. The molecule has 2 aromatic heterocycles. The zero-order chi connectivity index (χ0) is 18.8. The molecule has 0 saturated heterocycles. The second-order valence-electron chi connectivity index (χ2n) is 6.79. The van der Waals surface area contributed by atoms with E-state index in [2.05, 4.69) is 40.1 Å². The van der Waals surface area contributed by atoms with E-state index in [4.69, 9.17) is 0 Å². The SMILES string of the molecule is CCn1cc(CN[C@@H](Cc2c[nH]c3ccccc23)C(=O)O)c2ccccc21. The van der Waals surface area contributed by atoms with E-state index in [0.717, 1.165) is 28.6 Å². The van der Waals surface area contributed by atoms with E-state index >= 15 is 0 Å². The van der Waals surface area contributed by atoms with Gasteiger partial charge in [-0.1, -0.05) is 36.4 Å². The number of carboxylic acid groups (broad SMARTS) is 1. The molecule has 0 saturated carbocycles. The molecule has 0 unspecified atom stereocenters. The zero-order valence-electron chi connectivity index (χ0n) is 15.3. The van der Waals surface area contributed by atoms with Crippen LogP contribution in [0.2, 0.25) is 0 Å². The van der Waals surface area contributed by atoms with Crippen molar-refractivity contribution in [2.75, 3.05) is 0 Å². The Bertz CT molecular complexity index is 1090. The molecule has 5 nitrogen and oxygen atoms in total. The molecule has 3 N–H and O–H groups in total. The van der Waals surface area contributed by atoms with Gasteiger partial charge in [0.2, 0.25) is 0 Å². The molecule has 27 heavy (non-hydrogen) atoms. The minimum absolute atomic E-state index is 0.436. The lowest BCUT2D eigenvalue weighted by Gasteiger charge is -2.14. The number of nitrogens with one attached hydrogen (secondary N) is 2. The quantitative estimate of drug-likeness (QED) is 0.467. The fraction of sp³-hybridized carbons (Fsp3) is 0.227. The molecule has 2 aromatic carbocycles. The van der Waals surface area contributed by atoms with Gasteiger partial charge >= 0.3 is 5.97 Å². The lowest BCUT2D eigenvalue weighted by Crippen LogP contribution is -2.38. The van der Waals surface area contributed by atoms with Crippen molar-refractivity contribution in [2.24, 2.45) is 0 Å². The maximum atomic E-state index is 11.8. The molecule has 2 heterocycles. The smallest absolute Gasteiger partial charge is 0.321 e. The number of aliphatic carboxylic acids is 1. The van der Waals surface area contributed by atoms with E-state index in [1.54, 1.807) is 0 Å². The lowest BCUT2D eigenvalue weighted by molar-refractivity contribution is -0.139. The summed E-state index contributed by atoms with van der Waals surface area (Å²) in [5, 5.41) is 15.2. The minimum atomic E-state index is -0.834. The summed E-state index contributed by atoms with van der Waals surface area (Å²) in [5.41, 5.74) is 4.35. The van der Waals surface area contributed by atoms with Gasteiger partial charge in [-0.25, -0.2) is 0 Å². The maximum Gasteiger partial charge on any atom is 0.321 e. The summed E-state index contributed by atoms with van der Waals surface area (Å²) >= 11 is 0. The Morgan fingerprint density at radius 2 is 1.85 bits per heavy atom. The molecule has 0 amide bonds. The van der Waals surface area contributed by atoms with Gasteiger partial charge in [-0.15, -0.1) is 0 Å². The second-order valence-corrected chi connectivity index (χ2v) is 6.79. The molecule has 5 heteroatoms. The average Bonchev–Trinajstić information content (AvgIpc) is 3.26. The Kier molecular flexibility index (Phi) is 4.69. The number of aromatic nitrogens is 2. The van der Waals surface area contributed by atoms with Gasteiger partial charge in [0.15, 0.2) is 0 Å². The van der Waals surface area contributed by atoms with E-state index in [-0.39, 0.29) is 0 Å². The minimum Gasteiger partial charge on any atom is -0.480 e. The largest absolute Gasteiger partial charge is 0.480 e. The molecule has 0 aliphatic carbocycles. The van der Waals surface area contributed by atoms with Gasteiger partial charge in [-0.3, -0.25) is 10.1 Å². The third-order valence-corrected chi connectivity index (χ3v) is 5.15. The first-order valence-electron chi connectivity index (χ1n) is 9.25. The molecule has 1 atom stereocenters. The van der Waals surface area contributed by atoms with Crippen LogP contribution in [-0.2, 0) is 24.3 Å². The van der Waals surface area contributed by atoms with Gasteiger partial charge in [0.05, 0.1) is 0 Å². The van der Waals surface area contributed by atoms with Gasteiger partial charge in [0.1, 0.15) is 6.04 Å². The molecule has 0 aliphatic heterocycles. The van der Waals surface area contributed by atoms with Crippen molar-refractivity contribution in [3.8, 4) is 0 Å². The summed E-state index contributed by atoms with van der Waals surface area (Å²) in [4.78, 5) is 15.0. The standard InChI is InChI=1S/C22H23N3O2/c1-2-25-14-16(18-8-4-6-10-21(18)25)13-24-20(22(26)27)11-15-12-23-19-9-5-3-7-17(15)19/h3-10,12,14,20,23-24H,2,11,13H2,1H3,(H,26,27)/t20-/m0/s1. The molecule has 0 fully saturated rings. The molecule has 0 spiro atoms. The van der Waals surface area contributed by atoms with Crippen LogP contribution in [0.5, 0.6) is 0 Å². The number of H-pyrrole nitrogens is 1. The Balaban J connectivity index is 1.55. The highest BCUT2D eigenvalue weighted by molar-refractivity contribution is 5.85. The number of aromatic amines is 1. The summed E-state index contributed by atoms with van der Waals surface area (Å²) in [6.07, 6.45) is 4.46. The summed E-state index contributed by atoms with van der Waals surface area (Å²) in [6.45, 7) is 3.52. The Morgan fingerprint density at radius 1 is 1.11 bits per heavy atom. The number of benzene rings is 2. The van der Waals surface area contributed by atoms with Crippen molar-refractivity contribution in [1.29, 1.82) is 0 Å². The molecule has 4 rings (SSSR count). The highest BCUT2D eigenvalue weighted by Crippen LogP contribution is 2.22. The van der Waals surface area contributed by atoms with Crippen molar-refractivity contribution in [2.45, 2.75) is 32.5 Å². The number of rotatable bonds is 7. The summed E-state index contributed by atoms with van der Waals surface area (Å²) in [6, 6.07) is 15.6. The fourth-order valence-corrected chi connectivity index (χ4v) is 3.73. The molecular formula is C22H23N3O2. The molecule has 138 valence electrons. The first-order valence-corrected chi connectivity index (χ1v) is 9.25. The highest BCUT2D eigenvalue weighted by Gasteiger charge is 2.20. The number of hydrogen-bond donors (Lipinski definition) is 3. The Hall–Kier alpha value is -3.05. The summed E-state index contributed by atoms with van der Waals surface area (Å²) in [7, 11) is 0. The number of aryl methyl sites for hydroxylation is 1. The highest BCUT2D eigenvalue weighted by atomic mass is 16.4. The Morgan fingerprint density at radius 3 is 2.63 bits per heavy atom. The average molecular weight is 361 g/mol. The van der Waals surface area contributed by atoms with Crippen LogP contribution >= 0.6 is 0 Å². The van der Waals surface area contributed by atoms with E-state index in [9.17, 15) is 9.90 Å². The van der Waals surface area contributed by atoms with Crippen LogP contribution in [0.4, 0.5) is 0 Å². The third-order valence-electron chi connectivity index (χ3n) is 5.15. The first-order chi connectivity index (χ1) is 13.2. The van der Waals surface area contributed by atoms with Crippen LogP contribution in [0.25, 0.3) is 21.8 Å². The van der Waals surface area contributed by atoms with Crippen molar-refractivity contribution in [3.05, 3.63) is 72.1 Å². The van der Waals surface area contributed by atoms with Crippen LogP contribution in [0, 0.1) is 0 Å². The van der Waals surface area contributed by atoms with Crippen LogP contribution < -0.4 is 5.32 Å². The third kappa shape index (κ3) is 3.34. The van der Waals surface area contributed by atoms with Crippen molar-refractivity contribution in [1.82, 2.24) is 14.9 Å². The van der Waals surface area contributed by atoms with Crippen LogP contribution in [0.3, 0.4) is 0 Å². The monoisotopic (exact) mass is 361 g/mol. The molecule has 0 bridgehead atoms. The van der Waals surface area contributed by atoms with Crippen LogP contribution in [0.1, 0.15) is 18.1 Å². The zero-order valence-corrected chi connectivity index (χ0v) is 15.3. The predicted octanol–water partition coefficient (Wildman–Crippen LogP) is 3.93. The summed E-state index contributed by atoms with van der Waals surface area (Å²) < 4.78 is 2.20. The van der Waals surface area contributed by atoms with Crippen molar-refractivity contribution >= 4 is 27.8 Å². The Labute approximate surface area is 157 Å². The van der Waals surface area contributed by atoms with Gasteiger partial charge in [0.25, 0.3) is 0 Å². The number of carbonyl (C=O) groups is 1. The summed E-state index contributed by atoms with van der Waals surface area (Å²) in [5.74, 6) is -0.834. The van der Waals surface area contributed by atoms with Crippen LogP contribution in [0.15, 0.2) is 60.9 Å². The van der Waals surface area contributed by atoms with Crippen molar-refractivity contribution in [3.63, 3.8) is 0 Å². The molecular weight excluding hydrogens is 338 g/mol. The topological polar surface area (TPSA) is 70.0 Å². The van der Waals surface area contributed by atoms with Gasteiger partial charge in [0, 0.05) is 53.7 Å². The van der Waals surface area contributed by atoms with Gasteiger partial charge < -0.3 is 14.7 Å². The number of carboxylic acids is 1.